The van der Waals surface area contributed by atoms with Crippen LogP contribution >= 0.6 is 0 Å². The van der Waals surface area contributed by atoms with E-state index in [9.17, 15) is 9.59 Å². The number of aromatic nitrogens is 1. The zero-order valence-electron chi connectivity index (χ0n) is 15.7. The number of carbonyl (C=O) groups is 2. The van der Waals surface area contributed by atoms with E-state index in [2.05, 4.69) is 38.0 Å². The van der Waals surface area contributed by atoms with Crippen LogP contribution in [0.15, 0.2) is 18.2 Å². The van der Waals surface area contributed by atoms with Crippen LogP contribution in [0, 0.1) is 19.3 Å². The Balaban J connectivity index is 1.70. The number of hydrogen-bond donors (Lipinski definition) is 2. The van der Waals surface area contributed by atoms with Gasteiger partial charge in [-0.15, -0.1) is 0 Å². The summed E-state index contributed by atoms with van der Waals surface area (Å²) in [4.78, 5) is 30.0. The number of nitrogens with one attached hydrogen (secondary N) is 2. The molecule has 134 valence electrons. The summed E-state index contributed by atoms with van der Waals surface area (Å²) in [5.74, 6) is 0.00310. The van der Waals surface area contributed by atoms with Crippen molar-refractivity contribution in [3.8, 4) is 0 Å². The number of benzene rings is 1. The molecule has 2 aromatic rings. The summed E-state index contributed by atoms with van der Waals surface area (Å²) in [6, 6.07) is 5.58. The number of hydrogen-bond acceptors (Lipinski definition) is 2. The highest BCUT2D eigenvalue weighted by Crippen LogP contribution is 2.23. The molecule has 2 N–H and O–H groups in total. The fourth-order valence-electron chi connectivity index (χ4n) is 3.47. The Hall–Kier alpha value is -2.30. The Morgan fingerprint density at radius 1 is 1.32 bits per heavy atom. The molecule has 1 aromatic heterocycles. The predicted molar refractivity (Wildman–Crippen MR) is 99.7 cm³/mol. The molecule has 1 fully saturated rings. The third kappa shape index (κ3) is 3.70. The van der Waals surface area contributed by atoms with Gasteiger partial charge in [0.1, 0.15) is 0 Å². The number of aryl methyl sites for hydroxylation is 2. The van der Waals surface area contributed by atoms with Crippen molar-refractivity contribution in [2.45, 2.75) is 47.1 Å². The normalized spacial score (nSPS) is 18.2. The average molecular weight is 341 g/mol. The molecule has 2 amide bonds. The van der Waals surface area contributed by atoms with Gasteiger partial charge < -0.3 is 15.2 Å². The summed E-state index contributed by atoms with van der Waals surface area (Å²) in [7, 11) is 0. The number of aromatic amines is 1. The number of carbonyl (C=O) groups excluding carboxylic acids is 2. The minimum absolute atomic E-state index is 0.0588. The average Bonchev–Trinajstić information content (AvgIpc) is 2.98. The Morgan fingerprint density at radius 2 is 2.04 bits per heavy atom. The number of H-pyrrole nitrogens is 1. The summed E-state index contributed by atoms with van der Waals surface area (Å²) < 4.78 is 0. The van der Waals surface area contributed by atoms with Gasteiger partial charge >= 0.3 is 0 Å². The summed E-state index contributed by atoms with van der Waals surface area (Å²) in [6.07, 6.45) is 0.381. The van der Waals surface area contributed by atoms with Crippen molar-refractivity contribution in [2.24, 2.45) is 5.41 Å². The first-order chi connectivity index (χ1) is 11.6. The van der Waals surface area contributed by atoms with Gasteiger partial charge in [-0.1, -0.05) is 20.8 Å². The van der Waals surface area contributed by atoms with E-state index in [1.807, 2.05) is 30.0 Å². The Kier molecular flexibility index (Phi) is 4.35. The molecular formula is C20H27N3O2. The van der Waals surface area contributed by atoms with E-state index in [4.69, 9.17) is 0 Å². The highest BCUT2D eigenvalue weighted by atomic mass is 16.2. The molecule has 3 rings (SSSR count). The van der Waals surface area contributed by atoms with Gasteiger partial charge in [-0.2, -0.15) is 0 Å². The maximum atomic E-state index is 12.6. The second-order valence-corrected chi connectivity index (χ2v) is 8.34. The van der Waals surface area contributed by atoms with Gasteiger partial charge in [0.15, 0.2) is 0 Å². The maximum Gasteiger partial charge on any atom is 0.251 e. The van der Waals surface area contributed by atoms with E-state index in [0.29, 0.717) is 25.1 Å². The molecule has 0 saturated carbocycles. The van der Waals surface area contributed by atoms with Crippen molar-refractivity contribution in [3.63, 3.8) is 0 Å². The highest BCUT2D eigenvalue weighted by molar-refractivity contribution is 5.99. The van der Waals surface area contributed by atoms with Gasteiger partial charge in [0.05, 0.1) is 6.04 Å². The summed E-state index contributed by atoms with van der Waals surface area (Å²) in [5.41, 5.74) is 4.02. The zero-order valence-corrected chi connectivity index (χ0v) is 15.7. The zero-order chi connectivity index (χ0) is 18.4. The fourth-order valence-corrected chi connectivity index (χ4v) is 3.47. The van der Waals surface area contributed by atoms with Crippen molar-refractivity contribution >= 4 is 22.7 Å². The van der Waals surface area contributed by atoms with Crippen LogP contribution in [0.5, 0.6) is 0 Å². The standard InChI is InChI=1S/C20H27N3O2/c1-12-13(2)21-17-7-6-14(8-16(12)17)19(25)22-15-9-18(24)23(10-15)11-20(3,4)5/h6-8,15,21H,9-11H2,1-5H3,(H,22,25). The van der Waals surface area contributed by atoms with Gasteiger partial charge in [0, 0.05) is 41.7 Å². The Morgan fingerprint density at radius 3 is 2.72 bits per heavy atom. The molecule has 0 aliphatic carbocycles. The Labute approximate surface area is 148 Å². The SMILES string of the molecule is Cc1[nH]c2ccc(C(=O)NC3CC(=O)N(CC(C)(C)C)C3)cc2c1C. The van der Waals surface area contributed by atoms with Crippen LogP contribution in [-0.4, -0.2) is 40.8 Å². The molecule has 0 radical (unpaired) electrons. The quantitative estimate of drug-likeness (QED) is 0.900. The molecule has 0 spiro atoms. The van der Waals surface area contributed by atoms with Gasteiger partial charge in [0.25, 0.3) is 5.91 Å². The van der Waals surface area contributed by atoms with E-state index in [1.165, 1.54) is 0 Å². The molecule has 1 unspecified atom stereocenters. The number of likely N-dealkylation sites (tertiary alicyclic amines) is 1. The largest absolute Gasteiger partial charge is 0.358 e. The second kappa shape index (κ2) is 6.21. The third-order valence-corrected chi connectivity index (χ3v) is 4.79. The van der Waals surface area contributed by atoms with Crippen molar-refractivity contribution in [1.29, 1.82) is 0 Å². The lowest BCUT2D eigenvalue weighted by molar-refractivity contribution is -0.128. The molecule has 5 nitrogen and oxygen atoms in total. The molecule has 2 heterocycles. The fraction of sp³-hybridized carbons (Fsp3) is 0.500. The summed E-state index contributed by atoms with van der Waals surface area (Å²) >= 11 is 0. The molecule has 0 bridgehead atoms. The molecule has 1 aliphatic heterocycles. The smallest absolute Gasteiger partial charge is 0.251 e. The van der Waals surface area contributed by atoms with Crippen molar-refractivity contribution < 1.29 is 9.59 Å². The number of nitrogens with zero attached hydrogens (tertiary/aromatic N) is 1. The minimum Gasteiger partial charge on any atom is -0.358 e. The number of fused-ring (bicyclic) bond motifs is 1. The second-order valence-electron chi connectivity index (χ2n) is 8.34. The van der Waals surface area contributed by atoms with Crippen LogP contribution in [0.1, 0.15) is 48.8 Å². The minimum atomic E-state index is -0.118. The van der Waals surface area contributed by atoms with Crippen LogP contribution in [0.4, 0.5) is 0 Å². The van der Waals surface area contributed by atoms with Gasteiger partial charge in [-0.05, 0) is 43.0 Å². The van der Waals surface area contributed by atoms with Crippen LogP contribution in [0.2, 0.25) is 0 Å². The topological polar surface area (TPSA) is 65.2 Å². The lowest BCUT2D eigenvalue weighted by Crippen LogP contribution is -2.39. The first-order valence-corrected chi connectivity index (χ1v) is 8.81. The van der Waals surface area contributed by atoms with E-state index in [-0.39, 0.29) is 23.3 Å². The van der Waals surface area contributed by atoms with Crippen molar-refractivity contribution in [3.05, 3.63) is 35.0 Å². The summed E-state index contributed by atoms with van der Waals surface area (Å²) in [5, 5.41) is 4.09. The molecule has 5 heteroatoms. The maximum absolute atomic E-state index is 12.6. The van der Waals surface area contributed by atoms with Crippen LogP contribution in [0.25, 0.3) is 10.9 Å². The van der Waals surface area contributed by atoms with Crippen LogP contribution in [0.3, 0.4) is 0 Å². The van der Waals surface area contributed by atoms with Crippen molar-refractivity contribution in [1.82, 2.24) is 15.2 Å². The molecular weight excluding hydrogens is 314 g/mol. The lowest BCUT2D eigenvalue weighted by Gasteiger charge is -2.26. The van der Waals surface area contributed by atoms with E-state index in [1.54, 1.807) is 0 Å². The van der Waals surface area contributed by atoms with Crippen molar-refractivity contribution in [2.75, 3.05) is 13.1 Å². The first kappa shape index (κ1) is 17.5. The Bertz CT molecular complexity index is 829. The third-order valence-electron chi connectivity index (χ3n) is 4.79. The van der Waals surface area contributed by atoms with Gasteiger partial charge in [0.2, 0.25) is 5.91 Å². The molecule has 25 heavy (non-hydrogen) atoms. The van der Waals surface area contributed by atoms with E-state index < -0.39 is 0 Å². The van der Waals surface area contributed by atoms with E-state index >= 15 is 0 Å². The summed E-state index contributed by atoms with van der Waals surface area (Å²) in [6.45, 7) is 11.7. The number of amides is 2. The predicted octanol–water partition coefficient (Wildman–Crippen LogP) is 3.16. The molecule has 1 saturated heterocycles. The van der Waals surface area contributed by atoms with Gasteiger partial charge in [-0.3, -0.25) is 9.59 Å². The molecule has 1 atom stereocenters. The lowest BCUT2D eigenvalue weighted by atomic mass is 9.96. The highest BCUT2D eigenvalue weighted by Gasteiger charge is 2.32. The molecule has 1 aromatic carbocycles. The monoisotopic (exact) mass is 341 g/mol. The number of rotatable bonds is 3. The van der Waals surface area contributed by atoms with Crippen LogP contribution < -0.4 is 5.32 Å². The van der Waals surface area contributed by atoms with Crippen LogP contribution in [-0.2, 0) is 4.79 Å². The van der Waals surface area contributed by atoms with Gasteiger partial charge in [-0.25, -0.2) is 0 Å². The van der Waals surface area contributed by atoms with E-state index in [0.717, 1.165) is 22.2 Å². The first-order valence-electron chi connectivity index (χ1n) is 8.81. The molecule has 1 aliphatic rings.